The smallest absolute Gasteiger partial charge is 0.462 e. The summed E-state index contributed by atoms with van der Waals surface area (Å²) in [6.07, 6.45) is 87.2. The van der Waals surface area contributed by atoms with Crippen molar-refractivity contribution in [2.24, 2.45) is 5.73 Å². The Bertz CT molecular complexity index is 1660. The van der Waals surface area contributed by atoms with Crippen LogP contribution < -0.4 is 5.73 Å². The minimum Gasteiger partial charge on any atom is -0.462 e. The lowest BCUT2D eigenvalue weighted by atomic mass is 10.0. The summed E-state index contributed by atoms with van der Waals surface area (Å²) in [6, 6.07) is 0. The third kappa shape index (κ3) is 63.7. The van der Waals surface area contributed by atoms with Crippen molar-refractivity contribution >= 4 is 19.8 Å². The average molecular weight is 1120 g/mol. The van der Waals surface area contributed by atoms with Crippen LogP contribution in [0.1, 0.15) is 284 Å². The third-order valence-electron chi connectivity index (χ3n) is 13.6. The molecule has 2 atom stereocenters. The highest BCUT2D eigenvalue weighted by atomic mass is 31.2. The number of esters is 2. The van der Waals surface area contributed by atoms with Crippen molar-refractivity contribution in [1.29, 1.82) is 0 Å². The molecule has 0 radical (unpaired) electrons. The molecule has 454 valence electrons. The fourth-order valence-electron chi connectivity index (χ4n) is 8.88. The number of hydrogen-bond acceptors (Lipinski definition) is 8. The SMILES string of the molecule is CC/C=C\C/C=C\C/C=C\C/C=C\C/C=C\C/C=C\C/C=C\CCCCCCCCCCCC(=O)OC(COC(=O)CCCCCCCCCCCCCCCCC/C=C\C/C=C\CCCCCCC)COP(=O)(O)OCCN. The lowest BCUT2D eigenvalue weighted by Crippen LogP contribution is -2.29. The molecule has 0 aromatic rings. The van der Waals surface area contributed by atoms with E-state index in [9.17, 15) is 19.0 Å². The van der Waals surface area contributed by atoms with E-state index in [0.29, 0.717) is 6.42 Å². The van der Waals surface area contributed by atoms with Crippen molar-refractivity contribution in [2.75, 3.05) is 26.4 Å². The summed E-state index contributed by atoms with van der Waals surface area (Å²) in [5, 5.41) is 0. The van der Waals surface area contributed by atoms with Crippen molar-refractivity contribution in [2.45, 2.75) is 290 Å². The molecule has 0 aromatic heterocycles. The quantitative estimate of drug-likeness (QED) is 0.0264. The number of nitrogens with two attached hydrogens (primary N) is 1. The number of phosphoric ester groups is 1. The Kier molecular flexibility index (Phi) is 61.2. The number of allylic oxidation sites excluding steroid dienone is 18. The summed E-state index contributed by atoms with van der Waals surface area (Å²) in [7, 11) is -4.40. The van der Waals surface area contributed by atoms with Crippen LogP contribution in [-0.4, -0.2) is 49.3 Å². The summed E-state index contributed by atoms with van der Waals surface area (Å²) in [6.45, 7) is 3.63. The Morgan fingerprint density at radius 2 is 0.696 bits per heavy atom. The molecule has 0 aliphatic heterocycles. The van der Waals surface area contributed by atoms with Gasteiger partial charge in [-0.1, -0.05) is 277 Å². The Labute approximate surface area is 486 Å². The Balaban J connectivity index is 3.96. The predicted molar refractivity (Wildman–Crippen MR) is 339 cm³/mol. The molecule has 0 heterocycles. The summed E-state index contributed by atoms with van der Waals surface area (Å²) in [4.78, 5) is 35.3. The Morgan fingerprint density at radius 3 is 1.04 bits per heavy atom. The van der Waals surface area contributed by atoms with E-state index in [4.69, 9.17) is 24.3 Å². The topological polar surface area (TPSA) is 134 Å². The van der Waals surface area contributed by atoms with Crippen molar-refractivity contribution in [1.82, 2.24) is 0 Å². The minimum absolute atomic E-state index is 0.0481. The average Bonchev–Trinajstić information content (AvgIpc) is 3.44. The first-order valence-electron chi connectivity index (χ1n) is 32.4. The molecule has 0 fully saturated rings. The van der Waals surface area contributed by atoms with Crippen molar-refractivity contribution in [3.63, 3.8) is 0 Å². The van der Waals surface area contributed by atoms with E-state index in [2.05, 4.69) is 123 Å². The van der Waals surface area contributed by atoms with Crippen LogP contribution in [0.3, 0.4) is 0 Å². The fourth-order valence-corrected chi connectivity index (χ4v) is 9.65. The van der Waals surface area contributed by atoms with Gasteiger partial charge in [-0.05, 0) is 103 Å². The van der Waals surface area contributed by atoms with E-state index in [-0.39, 0.29) is 38.6 Å². The maximum atomic E-state index is 12.7. The highest BCUT2D eigenvalue weighted by Gasteiger charge is 2.26. The number of carbonyl (C=O) groups is 2. The predicted octanol–water partition coefficient (Wildman–Crippen LogP) is 21.0. The van der Waals surface area contributed by atoms with E-state index >= 15 is 0 Å². The van der Waals surface area contributed by atoms with Crippen molar-refractivity contribution in [3.8, 4) is 0 Å². The molecule has 0 spiro atoms. The molecule has 0 aromatic carbocycles. The van der Waals surface area contributed by atoms with Gasteiger partial charge in [0.05, 0.1) is 13.2 Å². The maximum Gasteiger partial charge on any atom is 0.472 e. The molecule has 3 N–H and O–H groups in total. The van der Waals surface area contributed by atoms with Gasteiger partial charge in [0.15, 0.2) is 6.10 Å². The van der Waals surface area contributed by atoms with Gasteiger partial charge in [0.25, 0.3) is 0 Å². The Morgan fingerprint density at radius 1 is 0.392 bits per heavy atom. The van der Waals surface area contributed by atoms with Gasteiger partial charge in [0, 0.05) is 19.4 Å². The van der Waals surface area contributed by atoms with Crippen LogP contribution >= 0.6 is 7.82 Å². The lowest BCUT2D eigenvalue weighted by molar-refractivity contribution is -0.161. The molecule has 0 saturated carbocycles. The van der Waals surface area contributed by atoms with Crippen LogP contribution in [0, 0.1) is 0 Å². The monoisotopic (exact) mass is 1120 g/mol. The van der Waals surface area contributed by atoms with E-state index in [0.717, 1.165) is 96.3 Å². The zero-order valence-electron chi connectivity index (χ0n) is 50.8. The minimum atomic E-state index is -4.40. The molecular formula is C69H120NO8P. The second kappa shape index (κ2) is 63.8. The molecule has 9 nitrogen and oxygen atoms in total. The number of hydrogen-bond donors (Lipinski definition) is 2. The van der Waals surface area contributed by atoms with Crippen LogP contribution in [-0.2, 0) is 32.7 Å². The summed E-state index contributed by atoms with van der Waals surface area (Å²) >= 11 is 0. The largest absolute Gasteiger partial charge is 0.472 e. The van der Waals surface area contributed by atoms with E-state index in [1.54, 1.807) is 0 Å². The molecule has 0 aliphatic carbocycles. The first kappa shape index (κ1) is 75.7. The highest BCUT2D eigenvalue weighted by molar-refractivity contribution is 7.47. The molecule has 10 heteroatoms. The van der Waals surface area contributed by atoms with Crippen molar-refractivity contribution in [3.05, 3.63) is 109 Å². The zero-order chi connectivity index (χ0) is 57.3. The molecule has 0 saturated heterocycles. The fraction of sp³-hybridized carbons (Fsp3) is 0.710. The second-order valence-electron chi connectivity index (χ2n) is 21.2. The summed E-state index contributed by atoms with van der Waals surface area (Å²) < 4.78 is 33.1. The van der Waals surface area contributed by atoms with Gasteiger partial charge in [-0.2, -0.15) is 0 Å². The van der Waals surface area contributed by atoms with Gasteiger partial charge < -0.3 is 20.1 Å². The van der Waals surface area contributed by atoms with E-state index < -0.39 is 26.5 Å². The third-order valence-corrected chi connectivity index (χ3v) is 14.6. The molecular weight excluding hydrogens is 1000 g/mol. The van der Waals surface area contributed by atoms with Gasteiger partial charge in [-0.25, -0.2) is 4.57 Å². The van der Waals surface area contributed by atoms with Crippen LogP contribution in [0.15, 0.2) is 109 Å². The number of unbranched alkanes of at least 4 members (excludes halogenated alkanes) is 29. The standard InChI is InChI=1S/C69H120NO8P/c1-3-5-7-9-11-13-15-17-19-21-23-25-27-29-31-32-33-34-36-38-40-42-44-46-48-50-52-54-56-58-60-62-69(72)78-67(66-77-79(73,74)76-64-63-70)65-75-68(71)61-59-57-55-53-51-49-47-45-43-41-39-37-35-30-28-26-24-22-20-18-16-14-12-10-8-6-4-2/h5,7,11,13,16-19,22-25,29,31,33-34,38,40,67H,3-4,6,8-10,12,14-15,20-21,26-28,30,32,35-37,39,41-66,70H2,1-2H3,(H,73,74)/b7-5-,13-11-,18-16-,19-17-,24-22-,25-23-,31-29-,34-33-,40-38-. The van der Waals surface area contributed by atoms with Gasteiger partial charge in [-0.3, -0.25) is 18.6 Å². The van der Waals surface area contributed by atoms with Crippen LogP contribution in [0.4, 0.5) is 0 Å². The van der Waals surface area contributed by atoms with Gasteiger partial charge >= 0.3 is 19.8 Å². The molecule has 79 heavy (non-hydrogen) atoms. The normalized spacial score (nSPS) is 13.7. The molecule has 2 unspecified atom stereocenters. The molecule has 0 bridgehead atoms. The van der Waals surface area contributed by atoms with E-state index in [1.165, 1.54) is 154 Å². The molecule has 0 amide bonds. The number of rotatable bonds is 60. The van der Waals surface area contributed by atoms with Crippen molar-refractivity contribution < 1.29 is 37.6 Å². The van der Waals surface area contributed by atoms with Crippen LogP contribution in [0.2, 0.25) is 0 Å². The molecule has 0 rings (SSSR count). The first-order valence-corrected chi connectivity index (χ1v) is 33.9. The van der Waals surface area contributed by atoms with Gasteiger partial charge in [-0.15, -0.1) is 0 Å². The summed E-state index contributed by atoms with van der Waals surface area (Å²) in [5.74, 6) is -0.833. The number of carbonyl (C=O) groups excluding carboxylic acids is 2. The van der Waals surface area contributed by atoms with Crippen LogP contribution in [0.25, 0.3) is 0 Å². The Hall–Kier alpha value is -3.33. The second-order valence-corrected chi connectivity index (χ2v) is 22.7. The maximum absolute atomic E-state index is 12.7. The van der Waals surface area contributed by atoms with Crippen LogP contribution in [0.5, 0.6) is 0 Å². The highest BCUT2D eigenvalue weighted by Crippen LogP contribution is 2.43. The zero-order valence-corrected chi connectivity index (χ0v) is 51.7. The van der Waals surface area contributed by atoms with Gasteiger partial charge in [0.2, 0.25) is 0 Å². The number of ether oxygens (including phenoxy) is 2. The first-order chi connectivity index (χ1) is 38.8. The molecule has 0 aliphatic rings. The van der Waals surface area contributed by atoms with Gasteiger partial charge in [0.1, 0.15) is 6.61 Å². The summed E-state index contributed by atoms with van der Waals surface area (Å²) in [5.41, 5.74) is 5.39. The number of phosphoric acid groups is 1. The van der Waals surface area contributed by atoms with E-state index in [1.807, 2.05) is 0 Å². The lowest BCUT2D eigenvalue weighted by Gasteiger charge is -2.19.